The maximum atomic E-state index is 13.1. The van der Waals surface area contributed by atoms with Crippen LogP contribution in [0, 0.1) is 0 Å². The molecule has 18 heavy (non-hydrogen) atoms. The van der Waals surface area contributed by atoms with Gasteiger partial charge in [-0.25, -0.2) is 8.78 Å². The second-order valence-corrected chi connectivity index (χ2v) is 3.67. The number of aliphatic hydroxyl groups is 1. The topological polar surface area (TPSA) is 66.5 Å². The minimum atomic E-state index is -4.74. The highest BCUT2D eigenvalue weighted by molar-refractivity contribution is 5.40. The first-order valence-electron chi connectivity index (χ1n) is 4.74. The highest BCUT2D eigenvalue weighted by Crippen LogP contribution is 2.38. The van der Waals surface area contributed by atoms with Crippen molar-refractivity contribution in [1.29, 1.82) is 0 Å². The zero-order chi connectivity index (χ0) is 14.1. The lowest BCUT2D eigenvalue weighted by Gasteiger charge is -2.23. The van der Waals surface area contributed by atoms with Crippen molar-refractivity contribution in [3.8, 4) is 5.75 Å². The van der Waals surface area contributed by atoms with Gasteiger partial charge < -0.3 is 15.9 Å². The average molecular weight is 271 g/mol. The first-order valence-corrected chi connectivity index (χ1v) is 4.74. The van der Waals surface area contributed by atoms with Crippen LogP contribution in [0.15, 0.2) is 18.2 Å². The molecule has 0 aromatic heterocycles. The molecule has 3 nitrogen and oxygen atoms in total. The van der Waals surface area contributed by atoms with E-state index in [0.717, 1.165) is 0 Å². The monoisotopic (exact) mass is 271 g/mol. The lowest BCUT2D eigenvalue weighted by atomic mass is 9.98. The summed E-state index contributed by atoms with van der Waals surface area (Å²) in [5, 5.41) is 17.7. The van der Waals surface area contributed by atoms with Crippen molar-refractivity contribution >= 4 is 0 Å². The number of halogens is 5. The molecule has 0 saturated heterocycles. The van der Waals surface area contributed by atoms with E-state index in [1.54, 1.807) is 0 Å². The highest BCUT2D eigenvalue weighted by Gasteiger charge is 2.40. The number of hydrogen-bond donors (Lipinski definition) is 3. The molecule has 0 bridgehead atoms. The third kappa shape index (κ3) is 2.88. The molecule has 0 aliphatic heterocycles. The van der Waals surface area contributed by atoms with Gasteiger partial charge in [0.05, 0.1) is 5.56 Å². The SMILES string of the molecule is N[C@H](c1cc(C(F)(F)F)ccc1O)C(F)(F)CO. The molecule has 1 aromatic carbocycles. The van der Waals surface area contributed by atoms with E-state index in [4.69, 9.17) is 10.8 Å². The Balaban J connectivity index is 3.24. The van der Waals surface area contributed by atoms with Crippen molar-refractivity contribution < 1.29 is 32.2 Å². The van der Waals surface area contributed by atoms with Crippen molar-refractivity contribution in [3.05, 3.63) is 29.3 Å². The Bertz CT molecular complexity index is 433. The van der Waals surface area contributed by atoms with Gasteiger partial charge in [0.1, 0.15) is 18.4 Å². The van der Waals surface area contributed by atoms with Crippen molar-refractivity contribution in [2.45, 2.75) is 18.1 Å². The summed E-state index contributed by atoms with van der Waals surface area (Å²) in [4.78, 5) is 0. The van der Waals surface area contributed by atoms with E-state index in [1.807, 2.05) is 0 Å². The molecule has 0 fully saturated rings. The summed E-state index contributed by atoms with van der Waals surface area (Å²) in [7, 11) is 0. The quantitative estimate of drug-likeness (QED) is 0.737. The van der Waals surface area contributed by atoms with Gasteiger partial charge in [0, 0.05) is 5.56 Å². The fourth-order valence-corrected chi connectivity index (χ4v) is 1.31. The van der Waals surface area contributed by atoms with Crippen LogP contribution in [0.25, 0.3) is 0 Å². The number of rotatable bonds is 3. The third-order valence-electron chi connectivity index (χ3n) is 2.36. The molecule has 4 N–H and O–H groups in total. The van der Waals surface area contributed by atoms with E-state index in [2.05, 4.69) is 0 Å². The Hall–Kier alpha value is -1.41. The van der Waals surface area contributed by atoms with Crippen molar-refractivity contribution in [2.24, 2.45) is 5.73 Å². The van der Waals surface area contributed by atoms with Crippen LogP contribution in [0.3, 0.4) is 0 Å². The number of hydrogen-bond acceptors (Lipinski definition) is 3. The molecule has 0 aliphatic carbocycles. The Morgan fingerprint density at radius 2 is 1.72 bits per heavy atom. The molecule has 0 aliphatic rings. The van der Waals surface area contributed by atoms with E-state index in [1.165, 1.54) is 0 Å². The fourth-order valence-electron chi connectivity index (χ4n) is 1.31. The number of aromatic hydroxyl groups is 1. The van der Waals surface area contributed by atoms with Crippen molar-refractivity contribution in [2.75, 3.05) is 6.61 Å². The van der Waals surface area contributed by atoms with Crippen molar-refractivity contribution in [1.82, 2.24) is 0 Å². The molecule has 0 unspecified atom stereocenters. The zero-order valence-electron chi connectivity index (χ0n) is 8.88. The van der Waals surface area contributed by atoms with Crippen LogP contribution in [0.4, 0.5) is 22.0 Å². The average Bonchev–Trinajstić information content (AvgIpc) is 2.27. The van der Waals surface area contributed by atoms with Crippen LogP contribution < -0.4 is 5.73 Å². The summed E-state index contributed by atoms with van der Waals surface area (Å²) in [5.74, 6) is -4.62. The molecule has 1 rings (SSSR count). The summed E-state index contributed by atoms with van der Waals surface area (Å²) in [6.07, 6.45) is -4.74. The van der Waals surface area contributed by atoms with E-state index in [9.17, 15) is 27.1 Å². The Morgan fingerprint density at radius 1 is 1.17 bits per heavy atom. The van der Waals surface area contributed by atoms with Gasteiger partial charge in [0.25, 0.3) is 5.92 Å². The van der Waals surface area contributed by atoms with Crippen LogP contribution in [-0.4, -0.2) is 22.7 Å². The molecule has 102 valence electrons. The maximum absolute atomic E-state index is 13.1. The normalized spacial score (nSPS) is 14.6. The summed E-state index contributed by atoms with van der Waals surface area (Å²) >= 11 is 0. The highest BCUT2D eigenvalue weighted by atomic mass is 19.4. The van der Waals surface area contributed by atoms with Gasteiger partial charge in [-0.15, -0.1) is 0 Å². The van der Waals surface area contributed by atoms with E-state index < -0.39 is 41.6 Å². The predicted molar refractivity (Wildman–Crippen MR) is 52.1 cm³/mol. The van der Waals surface area contributed by atoms with Crippen molar-refractivity contribution in [3.63, 3.8) is 0 Å². The minimum Gasteiger partial charge on any atom is -0.508 e. The van der Waals surface area contributed by atoms with Gasteiger partial charge in [0.15, 0.2) is 0 Å². The molecule has 0 amide bonds. The Kier molecular flexibility index (Phi) is 3.82. The molecule has 0 heterocycles. The minimum absolute atomic E-state index is 0.337. The lowest BCUT2D eigenvalue weighted by molar-refractivity contribution is -0.137. The first-order chi connectivity index (χ1) is 8.09. The Morgan fingerprint density at radius 3 is 2.17 bits per heavy atom. The summed E-state index contributed by atoms with van der Waals surface area (Å²) in [5.41, 5.74) is 3.08. The van der Waals surface area contributed by atoms with Gasteiger partial charge in [-0.2, -0.15) is 13.2 Å². The molecule has 1 aromatic rings. The lowest BCUT2D eigenvalue weighted by Crippen LogP contribution is -2.36. The summed E-state index contributed by atoms with van der Waals surface area (Å²) in [6, 6.07) is -0.720. The zero-order valence-corrected chi connectivity index (χ0v) is 8.88. The van der Waals surface area contributed by atoms with E-state index in [0.29, 0.717) is 18.2 Å². The molecule has 0 saturated carbocycles. The van der Waals surface area contributed by atoms with Gasteiger partial charge in [-0.1, -0.05) is 0 Å². The standard InChI is InChI=1S/C10H10F5NO2/c11-9(12,4-17)8(16)6-3-5(10(13,14)15)1-2-7(6)18/h1-3,8,17-18H,4,16H2/t8-/m1/s1. The molecule has 1 atom stereocenters. The third-order valence-corrected chi connectivity index (χ3v) is 2.36. The van der Waals surface area contributed by atoms with Crippen LogP contribution in [0.5, 0.6) is 5.75 Å². The Labute approximate surface area is 98.6 Å². The number of alkyl halides is 5. The van der Waals surface area contributed by atoms with Crippen LogP contribution >= 0.6 is 0 Å². The van der Waals surface area contributed by atoms with Gasteiger partial charge in [-0.3, -0.25) is 0 Å². The molecular weight excluding hydrogens is 261 g/mol. The largest absolute Gasteiger partial charge is 0.508 e. The number of phenols is 1. The van der Waals surface area contributed by atoms with Gasteiger partial charge in [-0.05, 0) is 18.2 Å². The first kappa shape index (κ1) is 14.7. The summed E-state index contributed by atoms with van der Waals surface area (Å²) in [6.45, 7) is -1.64. The summed E-state index contributed by atoms with van der Waals surface area (Å²) < 4.78 is 63.3. The van der Waals surface area contributed by atoms with E-state index >= 15 is 0 Å². The van der Waals surface area contributed by atoms with Crippen LogP contribution in [-0.2, 0) is 6.18 Å². The smallest absolute Gasteiger partial charge is 0.416 e. The second kappa shape index (κ2) is 4.69. The molecule has 0 radical (unpaired) electrons. The van der Waals surface area contributed by atoms with Gasteiger partial charge in [0.2, 0.25) is 0 Å². The van der Waals surface area contributed by atoms with Crippen LogP contribution in [0.2, 0.25) is 0 Å². The molecule has 8 heteroatoms. The number of nitrogens with two attached hydrogens (primary N) is 1. The number of aliphatic hydroxyl groups excluding tert-OH is 1. The second-order valence-electron chi connectivity index (χ2n) is 3.67. The fraction of sp³-hybridized carbons (Fsp3) is 0.400. The molecule has 0 spiro atoms. The van der Waals surface area contributed by atoms with E-state index in [-0.39, 0.29) is 0 Å². The molecular formula is C10H10F5NO2. The number of phenolic OH excluding ortho intramolecular Hbond substituents is 1. The number of benzene rings is 1. The van der Waals surface area contributed by atoms with Crippen LogP contribution in [0.1, 0.15) is 17.2 Å². The van der Waals surface area contributed by atoms with Gasteiger partial charge >= 0.3 is 6.18 Å². The maximum Gasteiger partial charge on any atom is 0.416 e. The predicted octanol–water partition coefficient (Wildman–Crippen LogP) is 2.04.